The minimum absolute atomic E-state index is 0.0262. The molecule has 162 valence electrons. The predicted molar refractivity (Wildman–Crippen MR) is 125 cm³/mol. The molecule has 1 aliphatic rings. The van der Waals surface area contributed by atoms with Crippen molar-refractivity contribution in [3.8, 4) is 11.5 Å². The standard InChI is InChI=1S/C25H20BrNO5/c1-31-19-11-5-16(6-12-19)23(28)21-22(15-3-7-17(26)8-4-15)27(25(30)24(21)29)18-9-13-20(32-2)14-10-18/h3-14,22,28H,1-2H3/b23-21-. The van der Waals surface area contributed by atoms with Crippen LogP contribution < -0.4 is 14.4 Å². The molecule has 0 saturated carbocycles. The number of ether oxygens (including phenoxy) is 2. The number of amides is 1. The smallest absolute Gasteiger partial charge is 0.300 e. The zero-order valence-electron chi connectivity index (χ0n) is 17.4. The van der Waals surface area contributed by atoms with Crippen LogP contribution in [0.15, 0.2) is 82.8 Å². The van der Waals surface area contributed by atoms with Gasteiger partial charge in [0, 0.05) is 15.7 Å². The van der Waals surface area contributed by atoms with E-state index in [1.54, 1.807) is 62.8 Å². The third-order valence-electron chi connectivity index (χ3n) is 5.34. The molecule has 1 heterocycles. The molecule has 1 atom stereocenters. The first kappa shape index (κ1) is 21.6. The lowest BCUT2D eigenvalue weighted by molar-refractivity contribution is -0.132. The molecule has 7 heteroatoms. The Labute approximate surface area is 193 Å². The van der Waals surface area contributed by atoms with E-state index < -0.39 is 17.7 Å². The van der Waals surface area contributed by atoms with E-state index in [1.807, 2.05) is 24.3 Å². The summed E-state index contributed by atoms with van der Waals surface area (Å²) in [4.78, 5) is 27.7. The van der Waals surface area contributed by atoms with E-state index in [0.29, 0.717) is 28.3 Å². The van der Waals surface area contributed by atoms with Crippen molar-refractivity contribution in [2.24, 2.45) is 0 Å². The summed E-state index contributed by atoms with van der Waals surface area (Å²) >= 11 is 3.41. The summed E-state index contributed by atoms with van der Waals surface area (Å²) in [7, 11) is 3.10. The van der Waals surface area contributed by atoms with Gasteiger partial charge in [-0.3, -0.25) is 14.5 Å². The molecular weight excluding hydrogens is 474 g/mol. The van der Waals surface area contributed by atoms with Gasteiger partial charge in [-0.05, 0) is 66.2 Å². The lowest BCUT2D eigenvalue weighted by atomic mass is 9.95. The normalized spacial score (nSPS) is 17.5. The van der Waals surface area contributed by atoms with E-state index in [0.717, 1.165) is 4.47 Å². The molecule has 4 rings (SSSR count). The molecule has 0 aromatic heterocycles. The van der Waals surface area contributed by atoms with Crippen LogP contribution in [0.25, 0.3) is 5.76 Å². The van der Waals surface area contributed by atoms with E-state index >= 15 is 0 Å². The van der Waals surface area contributed by atoms with Gasteiger partial charge >= 0.3 is 0 Å². The molecule has 3 aromatic rings. The average Bonchev–Trinajstić information content (AvgIpc) is 3.09. The highest BCUT2D eigenvalue weighted by molar-refractivity contribution is 9.10. The van der Waals surface area contributed by atoms with Crippen LogP contribution in [0, 0.1) is 0 Å². The van der Waals surface area contributed by atoms with Crippen LogP contribution in [-0.2, 0) is 9.59 Å². The van der Waals surface area contributed by atoms with Crippen LogP contribution in [0.1, 0.15) is 17.2 Å². The quantitative estimate of drug-likeness (QED) is 0.304. The van der Waals surface area contributed by atoms with Crippen molar-refractivity contribution < 1.29 is 24.2 Å². The molecule has 6 nitrogen and oxygen atoms in total. The third-order valence-corrected chi connectivity index (χ3v) is 5.87. The monoisotopic (exact) mass is 493 g/mol. The maximum absolute atomic E-state index is 13.1. The van der Waals surface area contributed by atoms with Crippen molar-refractivity contribution in [2.75, 3.05) is 19.1 Å². The van der Waals surface area contributed by atoms with Crippen molar-refractivity contribution >= 4 is 39.1 Å². The summed E-state index contributed by atoms with van der Waals surface area (Å²) in [5, 5.41) is 11.1. The van der Waals surface area contributed by atoms with Crippen LogP contribution in [0.3, 0.4) is 0 Å². The Kier molecular flexibility index (Phi) is 6.01. The lowest BCUT2D eigenvalue weighted by Gasteiger charge is -2.25. The number of benzene rings is 3. The molecule has 1 saturated heterocycles. The van der Waals surface area contributed by atoms with Crippen LogP contribution in [0.2, 0.25) is 0 Å². The largest absolute Gasteiger partial charge is 0.507 e. The van der Waals surface area contributed by atoms with Crippen molar-refractivity contribution in [3.63, 3.8) is 0 Å². The molecule has 32 heavy (non-hydrogen) atoms. The highest BCUT2D eigenvalue weighted by Gasteiger charge is 2.46. The molecular formula is C25H20BrNO5. The van der Waals surface area contributed by atoms with Gasteiger partial charge in [-0.1, -0.05) is 28.1 Å². The Morgan fingerprint density at radius 2 is 1.38 bits per heavy atom. The summed E-state index contributed by atoms with van der Waals surface area (Å²) < 4.78 is 11.2. The second kappa shape index (κ2) is 8.88. The van der Waals surface area contributed by atoms with E-state index in [1.165, 1.54) is 4.90 Å². The maximum Gasteiger partial charge on any atom is 0.300 e. The highest BCUT2D eigenvalue weighted by Crippen LogP contribution is 2.42. The number of ketones is 1. The molecule has 0 bridgehead atoms. The first-order valence-electron chi connectivity index (χ1n) is 9.79. The Morgan fingerprint density at radius 3 is 1.91 bits per heavy atom. The molecule has 1 aliphatic heterocycles. The molecule has 1 N–H and O–H groups in total. The number of aliphatic hydroxyl groups excluding tert-OH is 1. The number of Topliss-reactive ketones (excluding diaryl/α,β-unsaturated/α-hetero) is 1. The summed E-state index contributed by atoms with van der Waals surface area (Å²) in [6.07, 6.45) is 0. The molecule has 0 aliphatic carbocycles. The summed E-state index contributed by atoms with van der Waals surface area (Å²) in [5.74, 6) is -0.455. The van der Waals surface area contributed by atoms with Gasteiger partial charge < -0.3 is 14.6 Å². The average molecular weight is 494 g/mol. The zero-order chi connectivity index (χ0) is 22.8. The molecule has 1 unspecified atom stereocenters. The molecule has 3 aromatic carbocycles. The second-order valence-electron chi connectivity index (χ2n) is 7.15. The van der Waals surface area contributed by atoms with Gasteiger partial charge in [0.25, 0.3) is 11.7 Å². The van der Waals surface area contributed by atoms with Crippen LogP contribution in [-0.4, -0.2) is 31.0 Å². The van der Waals surface area contributed by atoms with Crippen molar-refractivity contribution in [3.05, 3.63) is 94.0 Å². The van der Waals surface area contributed by atoms with Crippen LogP contribution in [0.5, 0.6) is 11.5 Å². The maximum atomic E-state index is 13.1. The van der Waals surface area contributed by atoms with E-state index in [2.05, 4.69) is 15.9 Å². The first-order chi connectivity index (χ1) is 15.4. The van der Waals surface area contributed by atoms with Gasteiger partial charge in [-0.2, -0.15) is 0 Å². The fraction of sp³-hybridized carbons (Fsp3) is 0.120. The van der Waals surface area contributed by atoms with Gasteiger partial charge in [-0.25, -0.2) is 0 Å². The molecule has 0 spiro atoms. The van der Waals surface area contributed by atoms with Gasteiger partial charge in [0.1, 0.15) is 17.3 Å². The van der Waals surface area contributed by atoms with Gasteiger partial charge in [0.15, 0.2) is 0 Å². The molecule has 0 radical (unpaired) electrons. The Bertz CT molecular complexity index is 1180. The van der Waals surface area contributed by atoms with E-state index in [-0.39, 0.29) is 11.3 Å². The van der Waals surface area contributed by atoms with E-state index in [9.17, 15) is 14.7 Å². The number of aliphatic hydroxyl groups is 1. The number of rotatable bonds is 5. The third kappa shape index (κ3) is 3.87. The van der Waals surface area contributed by atoms with Gasteiger partial charge in [0.05, 0.1) is 25.8 Å². The van der Waals surface area contributed by atoms with Crippen LogP contribution in [0.4, 0.5) is 5.69 Å². The summed E-state index contributed by atoms with van der Waals surface area (Å²) in [6, 6.07) is 20.0. The number of hydrogen-bond donors (Lipinski definition) is 1. The predicted octanol–water partition coefficient (Wildman–Crippen LogP) is 5.09. The SMILES string of the molecule is COc1ccc(/C(O)=C2/C(=O)C(=O)N(c3ccc(OC)cc3)C2c2ccc(Br)cc2)cc1. The Hall–Kier alpha value is -3.58. The topological polar surface area (TPSA) is 76.1 Å². The fourth-order valence-corrected chi connectivity index (χ4v) is 3.97. The number of halogens is 1. The molecule has 1 amide bonds. The summed E-state index contributed by atoms with van der Waals surface area (Å²) in [6.45, 7) is 0. The Balaban J connectivity index is 1.89. The number of nitrogens with zero attached hydrogens (tertiary/aromatic N) is 1. The minimum atomic E-state index is -0.793. The number of carbonyl (C=O) groups excluding carboxylic acids is 2. The van der Waals surface area contributed by atoms with Crippen molar-refractivity contribution in [2.45, 2.75) is 6.04 Å². The first-order valence-corrected chi connectivity index (χ1v) is 10.6. The fourth-order valence-electron chi connectivity index (χ4n) is 3.71. The lowest BCUT2D eigenvalue weighted by Crippen LogP contribution is -2.29. The van der Waals surface area contributed by atoms with Crippen LogP contribution >= 0.6 is 15.9 Å². The number of hydrogen-bond acceptors (Lipinski definition) is 5. The zero-order valence-corrected chi connectivity index (χ0v) is 19.0. The summed E-state index contributed by atoms with van der Waals surface area (Å²) in [5.41, 5.74) is 1.66. The van der Waals surface area contributed by atoms with Gasteiger partial charge in [0.2, 0.25) is 0 Å². The number of carbonyl (C=O) groups is 2. The highest BCUT2D eigenvalue weighted by atomic mass is 79.9. The number of methoxy groups -OCH3 is 2. The molecule has 1 fully saturated rings. The second-order valence-corrected chi connectivity index (χ2v) is 8.06. The number of anilines is 1. The Morgan fingerprint density at radius 1 is 0.844 bits per heavy atom. The van der Waals surface area contributed by atoms with Crippen molar-refractivity contribution in [1.82, 2.24) is 0 Å². The van der Waals surface area contributed by atoms with E-state index in [4.69, 9.17) is 9.47 Å². The van der Waals surface area contributed by atoms with Crippen molar-refractivity contribution in [1.29, 1.82) is 0 Å². The van der Waals surface area contributed by atoms with Gasteiger partial charge in [-0.15, -0.1) is 0 Å². The minimum Gasteiger partial charge on any atom is -0.507 e.